The van der Waals surface area contributed by atoms with E-state index in [1.54, 1.807) is 7.11 Å². The predicted molar refractivity (Wildman–Crippen MR) is 80.6 cm³/mol. The average Bonchev–Trinajstić information content (AvgIpc) is 2.25. The maximum Gasteiger partial charge on any atom is 0.129 e. The van der Waals surface area contributed by atoms with Crippen LogP contribution < -0.4 is 4.74 Å². The number of hydrogen-bond acceptors (Lipinski definition) is 1. The molecule has 1 nitrogen and oxygen atoms in total. The maximum atomic E-state index is 5.61. The summed E-state index contributed by atoms with van der Waals surface area (Å²) in [5.41, 5.74) is 5.19. The largest absolute Gasteiger partial charge is 0.496 e. The van der Waals surface area contributed by atoms with E-state index in [-0.39, 0.29) is 5.41 Å². The minimum absolute atomic E-state index is 0.137. The van der Waals surface area contributed by atoms with Crippen molar-refractivity contribution in [3.05, 3.63) is 34.9 Å². The van der Waals surface area contributed by atoms with Crippen LogP contribution in [0.25, 0.3) is 6.08 Å². The van der Waals surface area contributed by atoms with Crippen molar-refractivity contribution in [1.82, 2.24) is 0 Å². The molecule has 0 saturated carbocycles. The van der Waals surface area contributed by atoms with Gasteiger partial charge in [-0.1, -0.05) is 53.3 Å². The van der Waals surface area contributed by atoms with Crippen molar-refractivity contribution >= 4 is 6.08 Å². The van der Waals surface area contributed by atoms with Crippen LogP contribution in [0.15, 0.2) is 12.6 Å². The Bertz CT molecular complexity index is 448. The summed E-state index contributed by atoms with van der Waals surface area (Å²) in [6.45, 7) is 17.2. The Morgan fingerprint density at radius 2 is 1.83 bits per heavy atom. The van der Waals surface area contributed by atoms with Crippen LogP contribution in [0.1, 0.15) is 62.8 Å². The third-order valence-corrected chi connectivity index (χ3v) is 3.45. The van der Waals surface area contributed by atoms with E-state index in [2.05, 4.69) is 54.2 Å². The second kappa shape index (κ2) is 5.17. The van der Waals surface area contributed by atoms with Crippen molar-refractivity contribution in [2.24, 2.45) is 0 Å². The van der Waals surface area contributed by atoms with Gasteiger partial charge in [0.2, 0.25) is 0 Å². The molecule has 0 N–H and O–H groups in total. The van der Waals surface area contributed by atoms with Gasteiger partial charge in [-0.2, -0.15) is 0 Å². The van der Waals surface area contributed by atoms with Crippen molar-refractivity contribution in [3.63, 3.8) is 0 Å². The van der Waals surface area contributed by atoms with Gasteiger partial charge in [0.15, 0.2) is 0 Å². The Kier molecular flexibility index (Phi) is 4.26. The first-order valence-electron chi connectivity index (χ1n) is 6.58. The van der Waals surface area contributed by atoms with Gasteiger partial charge >= 0.3 is 0 Å². The summed E-state index contributed by atoms with van der Waals surface area (Å²) in [5, 5.41) is 0. The Labute approximate surface area is 112 Å². The fourth-order valence-electron chi connectivity index (χ4n) is 2.48. The quantitative estimate of drug-likeness (QED) is 0.723. The fraction of sp³-hybridized carbons (Fsp3) is 0.529. The van der Waals surface area contributed by atoms with Crippen molar-refractivity contribution in [2.45, 2.75) is 52.9 Å². The van der Waals surface area contributed by atoms with E-state index < -0.39 is 0 Å². The summed E-state index contributed by atoms with van der Waals surface area (Å²) in [7, 11) is 1.74. The predicted octanol–water partition coefficient (Wildman–Crippen LogP) is 5.07. The number of hydrogen-bond donors (Lipinski definition) is 0. The Morgan fingerprint density at radius 3 is 2.17 bits per heavy atom. The molecule has 0 atom stereocenters. The van der Waals surface area contributed by atoms with E-state index in [1.165, 1.54) is 16.7 Å². The monoisotopic (exact) mass is 246 g/mol. The van der Waals surface area contributed by atoms with E-state index >= 15 is 0 Å². The lowest BCUT2D eigenvalue weighted by molar-refractivity contribution is 0.405. The summed E-state index contributed by atoms with van der Waals surface area (Å²) in [4.78, 5) is 0. The third-order valence-electron chi connectivity index (χ3n) is 3.45. The number of rotatable bonds is 3. The highest BCUT2D eigenvalue weighted by Crippen LogP contribution is 2.39. The first-order valence-corrected chi connectivity index (χ1v) is 6.58. The van der Waals surface area contributed by atoms with Crippen LogP contribution in [-0.4, -0.2) is 7.11 Å². The van der Waals surface area contributed by atoms with Crippen LogP contribution >= 0.6 is 0 Å². The van der Waals surface area contributed by atoms with Crippen molar-refractivity contribution < 1.29 is 4.74 Å². The van der Waals surface area contributed by atoms with E-state index in [0.717, 1.165) is 11.3 Å². The molecular weight excluding hydrogens is 220 g/mol. The molecule has 1 aromatic carbocycles. The molecule has 0 amide bonds. The van der Waals surface area contributed by atoms with Gasteiger partial charge in [0.25, 0.3) is 0 Å². The molecule has 0 aliphatic rings. The molecular formula is C17H26O. The van der Waals surface area contributed by atoms with E-state index in [4.69, 9.17) is 4.74 Å². The summed E-state index contributed by atoms with van der Waals surface area (Å²) in [6.07, 6.45) is 1.91. The molecule has 100 valence electrons. The second-order valence-electron chi connectivity index (χ2n) is 6.19. The molecule has 0 bridgehead atoms. The number of benzene rings is 1. The van der Waals surface area contributed by atoms with Crippen LogP contribution in [0.3, 0.4) is 0 Å². The highest BCUT2D eigenvalue weighted by Gasteiger charge is 2.23. The van der Waals surface area contributed by atoms with Crippen LogP contribution in [0.5, 0.6) is 5.75 Å². The number of methoxy groups -OCH3 is 1. The Hall–Kier alpha value is -1.24. The highest BCUT2D eigenvalue weighted by atomic mass is 16.5. The molecule has 0 unspecified atom stereocenters. The van der Waals surface area contributed by atoms with Gasteiger partial charge in [-0.05, 0) is 34.9 Å². The van der Waals surface area contributed by atoms with Gasteiger partial charge in [0, 0.05) is 5.56 Å². The smallest absolute Gasteiger partial charge is 0.129 e. The minimum atomic E-state index is 0.137. The third kappa shape index (κ3) is 2.60. The van der Waals surface area contributed by atoms with Gasteiger partial charge in [0.1, 0.15) is 5.75 Å². The molecule has 0 aliphatic carbocycles. The SMILES string of the molecule is C=Cc1c(C)c(C(C)(C)C)cc(C(C)C)c1OC. The summed E-state index contributed by atoms with van der Waals surface area (Å²) in [6, 6.07) is 2.30. The van der Waals surface area contributed by atoms with Crippen LogP contribution in [0.2, 0.25) is 0 Å². The highest BCUT2D eigenvalue weighted by molar-refractivity contribution is 5.65. The van der Waals surface area contributed by atoms with Gasteiger partial charge in [-0.15, -0.1) is 0 Å². The van der Waals surface area contributed by atoms with Crippen LogP contribution in [0.4, 0.5) is 0 Å². The molecule has 0 aliphatic heterocycles. The Morgan fingerprint density at radius 1 is 1.28 bits per heavy atom. The molecule has 0 saturated heterocycles. The first-order chi connectivity index (χ1) is 8.23. The molecule has 1 aromatic rings. The van der Waals surface area contributed by atoms with E-state index in [9.17, 15) is 0 Å². The zero-order valence-electron chi connectivity index (χ0n) is 12.8. The summed E-state index contributed by atoms with van der Waals surface area (Å²) < 4.78 is 5.61. The van der Waals surface area contributed by atoms with E-state index in [1.807, 2.05) is 6.08 Å². The molecule has 1 heteroatoms. The molecule has 18 heavy (non-hydrogen) atoms. The van der Waals surface area contributed by atoms with Gasteiger partial charge in [-0.3, -0.25) is 0 Å². The van der Waals surface area contributed by atoms with Crippen LogP contribution in [-0.2, 0) is 5.41 Å². The van der Waals surface area contributed by atoms with Crippen molar-refractivity contribution in [2.75, 3.05) is 7.11 Å². The van der Waals surface area contributed by atoms with Gasteiger partial charge < -0.3 is 4.74 Å². The van der Waals surface area contributed by atoms with Crippen LogP contribution in [0, 0.1) is 6.92 Å². The molecule has 1 rings (SSSR count). The maximum absolute atomic E-state index is 5.61. The van der Waals surface area contributed by atoms with E-state index in [0.29, 0.717) is 5.92 Å². The lowest BCUT2D eigenvalue weighted by atomic mass is 9.79. The minimum Gasteiger partial charge on any atom is -0.496 e. The molecule has 0 heterocycles. The topological polar surface area (TPSA) is 9.23 Å². The average molecular weight is 246 g/mol. The Balaban J connectivity index is 3.70. The van der Waals surface area contributed by atoms with Gasteiger partial charge in [0.05, 0.1) is 7.11 Å². The number of ether oxygens (including phenoxy) is 1. The molecule has 0 radical (unpaired) electrons. The van der Waals surface area contributed by atoms with Crippen molar-refractivity contribution in [1.29, 1.82) is 0 Å². The van der Waals surface area contributed by atoms with Gasteiger partial charge in [-0.25, -0.2) is 0 Å². The zero-order chi connectivity index (χ0) is 14.1. The molecule has 0 fully saturated rings. The first kappa shape index (κ1) is 14.8. The molecule has 0 spiro atoms. The fourth-order valence-corrected chi connectivity index (χ4v) is 2.48. The van der Waals surface area contributed by atoms with Crippen molar-refractivity contribution in [3.8, 4) is 5.75 Å². The standard InChI is InChI=1S/C17H26O/c1-9-13-12(4)15(17(5,6)7)10-14(11(2)3)16(13)18-8/h9-11H,1H2,2-8H3. The zero-order valence-corrected chi connectivity index (χ0v) is 12.8. The second-order valence-corrected chi connectivity index (χ2v) is 6.19. The lowest BCUT2D eigenvalue weighted by Gasteiger charge is -2.27. The lowest BCUT2D eigenvalue weighted by Crippen LogP contribution is -2.15. The normalized spacial score (nSPS) is 11.8. The summed E-state index contributed by atoms with van der Waals surface area (Å²) in [5.74, 6) is 1.42. The molecule has 0 aromatic heterocycles. The summed E-state index contributed by atoms with van der Waals surface area (Å²) >= 11 is 0.